The number of morpholine rings is 1. The fraction of sp³-hybridized carbons (Fsp3) is 0.375. The first-order valence-electron chi connectivity index (χ1n) is 8.24. The second-order valence-electron chi connectivity index (χ2n) is 6.17. The second kappa shape index (κ2) is 6.63. The number of nitrogen functional groups attached to an aromatic ring is 1. The monoisotopic (exact) mass is 373 g/mol. The van der Waals surface area contributed by atoms with Gasteiger partial charge in [0.15, 0.2) is 5.69 Å². The van der Waals surface area contributed by atoms with Gasteiger partial charge in [0.1, 0.15) is 11.3 Å². The number of carbonyl (C=O) groups excluding carboxylic acids is 1. The molecule has 0 aliphatic carbocycles. The van der Waals surface area contributed by atoms with E-state index in [1.165, 1.54) is 11.5 Å². The standard InChI is InChI=1S/C16H19N7O2S/c1-9-8-25-6-5-23(9)12-7-10(11-3-4-18-22(11)2)15-13(19-12)14(21-26-15)16(24)20-17/h3-4,7,9H,5-6,8,17H2,1-2H3,(H,20,24)/t9-/m1/s1. The molecule has 1 saturated heterocycles. The lowest BCUT2D eigenvalue weighted by Gasteiger charge is -2.34. The van der Waals surface area contributed by atoms with E-state index < -0.39 is 5.91 Å². The van der Waals surface area contributed by atoms with Gasteiger partial charge >= 0.3 is 0 Å². The minimum Gasteiger partial charge on any atom is -0.377 e. The molecule has 0 radical (unpaired) electrons. The molecule has 1 fully saturated rings. The summed E-state index contributed by atoms with van der Waals surface area (Å²) >= 11 is 1.23. The molecule has 3 aromatic rings. The number of hydrazine groups is 1. The van der Waals surface area contributed by atoms with Crippen molar-refractivity contribution in [3.8, 4) is 11.3 Å². The van der Waals surface area contributed by atoms with Crippen LogP contribution in [-0.2, 0) is 11.8 Å². The van der Waals surface area contributed by atoms with Gasteiger partial charge in [-0.1, -0.05) is 0 Å². The number of nitrogens with two attached hydrogens (primary N) is 1. The van der Waals surface area contributed by atoms with E-state index >= 15 is 0 Å². The third-order valence-corrected chi connectivity index (χ3v) is 5.39. The summed E-state index contributed by atoms with van der Waals surface area (Å²) in [6.07, 6.45) is 1.74. The van der Waals surface area contributed by atoms with Crippen molar-refractivity contribution in [2.24, 2.45) is 12.9 Å². The summed E-state index contributed by atoms with van der Waals surface area (Å²) in [4.78, 5) is 19.1. The smallest absolute Gasteiger partial charge is 0.287 e. The van der Waals surface area contributed by atoms with Crippen molar-refractivity contribution in [3.05, 3.63) is 24.0 Å². The van der Waals surface area contributed by atoms with E-state index in [-0.39, 0.29) is 11.7 Å². The van der Waals surface area contributed by atoms with Crippen LogP contribution in [0.25, 0.3) is 21.5 Å². The molecule has 1 aliphatic rings. The Morgan fingerprint density at radius 3 is 3.04 bits per heavy atom. The van der Waals surface area contributed by atoms with Gasteiger partial charge in [-0.05, 0) is 30.6 Å². The number of nitrogens with one attached hydrogen (secondary N) is 1. The van der Waals surface area contributed by atoms with Crippen LogP contribution >= 0.6 is 11.5 Å². The van der Waals surface area contributed by atoms with Gasteiger partial charge < -0.3 is 9.64 Å². The van der Waals surface area contributed by atoms with E-state index in [1.807, 2.05) is 19.2 Å². The number of aromatic nitrogens is 4. The van der Waals surface area contributed by atoms with Crippen LogP contribution in [0, 0.1) is 0 Å². The molecule has 3 N–H and O–H groups in total. The first kappa shape index (κ1) is 16.9. The summed E-state index contributed by atoms with van der Waals surface area (Å²) < 4.78 is 12.4. The van der Waals surface area contributed by atoms with Gasteiger partial charge in [-0.25, -0.2) is 10.8 Å². The molecule has 136 valence electrons. The summed E-state index contributed by atoms with van der Waals surface area (Å²) in [6, 6.07) is 4.15. The number of ether oxygens (including phenoxy) is 1. The Morgan fingerprint density at radius 2 is 2.35 bits per heavy atom. The van der Waals surface area contributed by atoms with E-state index in [9.17, 15) is 4.79 Å². The number of amides is 1. The maximum atomic E-state index is 12.1. The summed E-state index contributed by atoms with van der Waals surface area (Å²) in [5.74, 6) is 5.65. The van der Waals surface area contributed by atoms with Gasteiger partial charge in [-0.2, -0.15) is 9.47 Å². The molecule has 4 heterocycles. The first-order valence-corrected chi connectivity index (χ1v) is 9.01. The van der Waals surface area contributed by atoms with Crippen molar-refractivity contribution in [3.63, 3.8) is 0 Å². The molecule has 0 unspecified atom stereocenters. The van der Waals surface area contributed by atoms with E-state index in [0.29, 0.717) is 18.7 Å². The Hall–Kier alpha value is -2.56. The molecule has 3 aromatic heterocycles. The van der Waals surface area contributed by atoms with Crippen LogP contribution in [0.4, 0.5) is 5.82 Å². The van der Waals surface area contributed by atoms with E-state index in [2.05, 4.69) is 26.7 Å². The van der Waals surface area contributed by atoms with Crippen LogP contribution in [0.5, 0.6) is 0 Å². The van der Waals surface area contributed by atoms with Crippen molar-refractivity contribution in [1.82, 2.24) is 24.6 Å². The predicted octanol–water partition coefficient (Wildman–Crippen LogP) is 0.920. The topological polar surface area (TPSA) is 111 Å². The maximum absolute atomic E-state index is 12.1. The zero-order valence-electron chi connectivity index (χ0n) is 14.5. The molecule has 0 spiro atoms. The molecule has 0 bridgehead atoms. The quantitative estimate of drug-likeness (QED) is 0.399. The first-order chi connectivity index (χ1) is 12.6. The van der Waals surface area contributed by atoms with Crippen molar-refractivity contribution in [1.29, 1.82) is 0 Å². The normalized spacial score (nSPS) is 17.7. The molecule has 9 nitrogen and oxygen atoms in total. The lowest BCUT2D eigenvalue weighted by atomic mass is 10.1. The van der Waals surface area contributed by atoms with Gasteiger partial charge in [0.2, 0.25) is 0 Å². The summed E-state index contributed by atoms with van der Waals surface area (Å²) in [5.41, 5.74) is 4.80. The van der Waals surface area contributed by atoms with E-state index in [4.69, 9.17) is 15.6 Å². The SMILES string of the molecule is C[C@@H]1COCCN1c1cc(-c2ccnn2C)c2snc(C(=O)NN)c2n1. The summed E-state index contributed by atoms with van der Waals surface area (Å²) in [6.45, 7) is 4.11. The average Bonchev–Trinajstić information content (AvgIpc) is 3.27. The number of hydrogen-bond acceptors (Lipinski definition) is 8. The Labute approximate surface area is 153 Å². The van der Waals surface area contributed by atoms with Crippen LogP contribution in [0.2, 0.25) is 0 Å². The minimum atomic E-state index is -0.452. The number of hydrogen-bond donors (Lipinski definition) is 2. The molecule has 1 amide bonds. The molecule has 4 rings (SSSR count). The van der Waals surface area contributed by atoms with Crippen LogP contribution in [-0.4, -0.2) is 50.8 Å². The second-order valence-corrected chi connectivity index (χ2v) is 6.94. The van der Waals surface area contributed by atoms with Crippen LogP contribution in [0.1, 0.15) is 17.4 Å². The van der Waals surface area contributed by atoms with Gasteiger partial charge in [0.05, 0.1) is 29.6 Å². The highest BCUT2D eigenvalue weighted by Crippen LogP contribution is 2.35. The summed E-state index contributed by atoms with van der Waals surface area (Å²) in [7, 11) is 1.88. The van der Waals surface area contributed by atoms with Crippen LogP contribution in [0.3, 0.4) is 0 Å². The van der Waals surface area contributed by atoms with E-state index in [1.54, 1.807) is 10.9 Å². The van der Waals surface area contributed by atoms with Gasteiger partial charge in [-0.3, -0.25) is 14.9 Å². The Bertz CT molecular complexity index is 967. The van der Waals surface area contributed by atoms with Crippen molar-refractivity contribution >= 4 is 33.5 Å². The highest BCUT2D eigenvalue weighted by Gasteiger charge is 2.25. The van der Waals surface area contributed by atoms with Crippen molar-refractivity contribution in [2.45, 2.75) is 13.0 Å². The molecule has 1 aliphatic heterocycles. The molecule has 26 heavy (non-hydrogen) atoms. The Kier molecular flexibility index (Phi) is 4.31. The fourth-order valence-electron chi connectivity index (χ4n) is 3.17. The average molecular weight is 373 g/mol. The predicted molar refractivity (Wildman–Crippen MR) is 98.9 cm³/mol. The number of anilines is 1. The van der Waals surface area contributed by atoms with Gasteiger partial charge in [0, 0.05) is 25.4 Å². The third-order valence-electron chi connectivity index (χ3n) is 4.52. The van der Waals surface area contributed by atoms with Gasteiger partial charge in [-0.15, -0.1) is 0 Å². The molecule has 0 saturated carbocycles. The van der Waals surface area contributed by atoms with Crippen molar-refractivity contribution < 1.29 is 9.53 Å². The maximum Gasteiger partial charge on any atom is 0.287 e. The molecule has 10 heteroatoms. The Morgan fingerprint density at radius 1 is 1.50 bits per heavy atom. The minimum absolute atomic E-state index is 0.187. The van der Waals surface area contributed by atoms with Crippen molar-refractivity contribution in [2.75, 3.05) is 24.7 Å². The Balaban J connectivity index is 1.95. The zero-order valence-corrected chi connectivity index (χ0v) is 15.3. The molecule has 0 aromatic carbocycles. The molecule has 1 atom stereocenters. The molecular formula is C16H19N7O2S. The number of fused-ring (bicyclic) bond motifs is 1. The number of rotatable bonds is 3. The lowest BCUT2D eigenvalue weighted by Crippen LogP contribution is -2.44. The number of pyridine rings is 1. The van der Waals surface area contributed by atoms with E-state index in [0.717, 1.165) is 28.3 Å². The van der Waals surface area contributed by atoms with Gasteiger partial charge in [0.25, 0.3) is 5.91 Å². The summed E-state index contributed by atoms with van der Waals surface area (Å²) in [5, 5.41) is 4.26. The zero-order chi connectivity index (χ0) is 18.3. The van der Waals surface area contributed by atoms with Crippen LogP contribution in [0.15, 0.2) is 18.3 Å². The fourth-order valence-corrected chi connectivity index (χ4v) is 4.01. The molecular weight excluding hydrogens is 354 g/mol. The number of carbonyl (C=O) groups is 1. The highest BCUT2D eigenvalue weighted by atomic mass is 32.1. The third kappa shape index (κ3) is 2.71. The van der Waals surface area contributed by atoms with Crippen LogP contribution < -0.4 is 16.2 Å². The number of nitrogens with zero attached hydrogens (tertiary/aromatic N) is 5. The lowest BCUT2D eigenvalue weighted by molar-refractivity contribution is 0.0951. The largest absolute Gasteiger partial charge is 0.377 e. The number of aryl methyl sites for hydroxylation is 1. The highest BCUT2D eigenvalue weighted by molar-refractivity contribution is 7.14.